The first-order chi connectivity index (χ1) is 16.6. The molecule has 0 aliphatic heterocycles. The lowest BCUT2D eigenvalue weighted by Gasteiger charge is -2.46. The predicted molar refractivity (Wildman–Crippen MR) is 167 cm³/mol. The highest BCUT2D eigenvalue weighted by molar-refractivity contribution is 5.77. The molecular formula is C36H64O2. The smallest absolute Gasteiger partial charge is 0.312 e. The average molecular weight is 529 g/mol. The summed E-state index contributed by atoms with van der Waals surface area (Å²) in [5.41, 5.74) is 2.09. The van der Waals surface area contributed by atoms with Crippen molar-refractivity contribution in [3.05, 3.63) is 35.4 Å². The Balaban J connectivity index is 3.26. The van der Waals surface area contributed by atoms with Gasteiger partial charge < -0.3 is 4.74 Å². The fraction of sp³-hybridized carbons (Fsp3) is 0.806. The molecule has 0 aromatic heterocycles. The van der Waals surface area contributed by atoms with Crippen LogP contribution in [0.5, 0.6) is 0 Å². The van der Waals surface area contributed by atoms with Crippen molar-refractivity contribution in [1.82, 2.24) is 0 Å². The zero-order chi connectivity index (χ0) is 30.2. The Kier molecular flexibility index (Phi) is 10.3. The summed E-state index contributed by atoms with van der Waals surface area (Å²) in [7, 11) is 0. The first-order valence-corrected chi connectivity index (χ1v) is 14.9. The van der Waals surface area contributed by atoms with Crippen molar-refractivity contribution in [2.45, 2.75) is 160 Å². The maximum atomic E-state index is 13.5. The second-order valence-electron chi connectivity index (χ2n) is 18.1. The van der Waals surface area contributed by atoms with E-state index in [0.717, 1.165) is 25.7 Å². The van der Waals surface area contributed by atoms with Gasteiger partial charge in [-0.05, 0) is 97.5 Å². The van der Waals surface area contributed by atoms with Gasteiger partial charge in [-0.3, -0.25) is 4.79 Å². The largest absolute Gasteiger partial charge is 0.460 e. The first-order valence-electron chi connectivity index (χ1n) is 14.9. The zero-order valence-electron chi connectivity index (χ0n) is 28.5. The molecule has 1 aromatic carbocycles. The van der Waals surface area contributed by atoms with E-state index in [0.29, 0.717) is 5.92 Å². The molecule has 1 aromatic rings. The van der Waals surface area contributed by atoms with Crippen LogP contribution in [0.3, 0.4) is 0 Å². The summed E-state index contributed by atoms with van der Waals surface area (Å²) in [4.78, 5) is 13.5. The van der Waals surface area contributed by atoms with Gasteiger partial charge in [-0.2, -0.15) is 0 Å². The lowest BCUT2D eigenvalue weighted by atomic mass is 9.58. The van der Waals surface area contributed by atoms with Gasteiger partial charge in [0.1, 0.15) is 5.60 Å². The summed E-state index contributed by atoms with van der Waals surface area (Å²) in [6.07, 6.45) is 4.12. The summed E-state index contributed by atoms with van der Waals surface area (Å²) in [6, 6.07) is 9.42. The van der Waals surface area contributed by atoms with Crippen molar-refractivity contribution < 1.29 is 9.53 Å². The summed E-state index contributed by atoms with van der Waals surface area (Å²) < 4.78 is 5.97. The van der Waals surface area contributed by atoms with Gasteiger partial charge in [0.2, 0.25) is 0 Å². The number of esters is 1. The van der Waals surface area contributed by atoms with E-state index in [1.807, 2.05) is 20.8 Å². The molecule has 0 aliphatic carbocycles. The minimum absolute atomic E-state index is 0.00141. The Labute approximate surface area is 238 Å². The molecule has 0 saturated carbocycles. The van der Waals surface area contributed by atoms with Crippen LogP contribution in [0.25, 0.3) is 0 Å². The van der Waals surface area contributed by atoms with Crippen LogP contribution in [0.15, 0.2) is 24.3 Å². The van der Waals surface area contributed by atoms with Crippen molar-refractivity contribution in [3.8, 4) is 0 Å². The maximum absolute atomic E-state index is 13.5. The third kappa shape index (κ3) is 10.0. The van der Waals surface area contributed by atoms with E-state index in [4.69, 9.17) is 4.74 Å². The molecule has 2 unspecified atom stereocenters. The number of hydrogen-bond acceptors (Lipinski definition) is 2. The fourth-order valence-corrected chi connectivity index (χ4v) is 5.59. The molecule has 2 nitrogen and oxygen atoms in total. The molecule has 0 N–H and O–H groups in total. The summed E-state index contributed by atoms with van der Waals surface area (Å²) in [5, 5.41) is 0. The Hall–Kier alpha value is -1.31. The molecule has 0 amide bonds. The molecule has 1 rings (SSSR count). The van der Waals surface area contributed by atoms with Crippen LogP contribution in [0.1, 0.15) is 160 Å². The monoisotopic (exact) mass is 528 g/mol. The van der Waals surface area contributed by atoms with Gasteiger partial charge in [0.15, 0.2) is 0 Å². The molecule has 2 atom stereocenters. The number of carbonyl (C=O) groups excluding carboxylic acids is 1. The highest BCUT2D eigenvalue weighted by Gasteiger charge is 2.49. The molecular weight excluding hydrogens is 464 g/mol. The van der Waals surface area contributed by atoms with E-state index < -0.39 is 11.0 Å². The van der Waals surface area contributed by atoms with E-state index in [1.165, 1.54) is 11.1 Å². The van der Waals surface area contributed by atoms with Gasteiger partial charge in [0.25, 0.3) is 0 Å². The lowest BCUT2D eigenvalue weighted by molar-refractivity contribution is -0.176. The van der Waals surface area contributed by atoms with Crippen LogP contribution in [0, 0.1) is 27.1 Å². The van der Waals surface area contributed by atoms with E-state index in [9.17, 15) is 4.79 Å². The van der Waals surface area contributed by atoms with Crippen LogP contribution in [-0.4, -0.2) is 11.6 Å². The Morgan fingerprint density at radius 3 is 1.55 bits per heavy atom. The SMILES string of the molecule is CC(C)(C)CC(c1ccc(C(C)(C)C)cc1)C(C)(C)CCC(C)(C)CC(C)(C(=O)OC(C)(C)C)C(C)(C)C. The van der Waals surface area contributed by atoms with Crippen molar-refractivity contribution in [2.24, 2.45) is 27.1 Å². The average Bonchev–Trinajstić information content (AvgIpc) is 2.67. The Morgan fingerprint density at radius 1 is 0.711 bits per heavy atom. The first kappa shape index (κ1) is 34.7. The van der Waals surface area contributed by atoms with Gasteiger partial charge in [-0.1, -0.05) is 114 Å². The molecule has 0 fully saturated rings. The summed E-state index contributed by atoms with van der Waals surface area (Å²) in [5.74, 6) is 0.390. The minimum atomic E-state index is -0.568. The molecule has 220 valence electrons. The van der Waals surface area contributed by atoms with Crippen molar-refractivity contribution in [3.63, 3.8) is 0 Å². The highest BCUT2D eigenvalue weighted by Crippen LogP contribution is 2.52. The second-order valence-corrected chi connectivity index (χ2v) is 18.1. The lowest BCUT2D eigenvalue weighted by Crippen LogP contribution is -2.47. The van der Waals surface area contributed by atoms with Gasteiger partial charge >= 0.3 is 5.97 Å². The maximum Gasteiger partial charge on any atom is 0.312 e. The third-order valence-corrected chi connectivity index (χ3v) is 8.72. The molecule has 0 saturated heterocycles. The van der Waals surface area contributed by atoms with E-state index in [2.05, 4.69) is 121 Å². The quantitative estimate of drug-likeness (QED) is 0.298. The van der Waals surface area contributed by atoms with Gasteiger partial charge in [-0.25, -0.2) is 0 Å². The van der Waals surface area contributed by atoms with Crippen LogP contribution >= 0.6 is 0 Å². The van der Waals surface area contributed by atoms with Gasteiger partial charge in [0.05, 0.1) is 5.41 Å². The normalized spacial score (nSPS) is 16.7. The minimum Gasteiger partial charge on any atom is -0.460 e. The number of rotatable bonds is 9. The molecule has 0 bridgehead atoms. The predicted octanol–water partition coefficient (Wildman–Crippen LogP) is 11.1. The van der Waals surface area contributed by atoms with E-state index in [-0.39, 0.29) is 33.0 Å². The molecule has 2 heteroatoms. The number of carbonyl (C=O) groups is 1. The van der Waals surface area contributed by atoms with Crippen LogP contribution in [0.2, 0.25) is 0 Å². The standard InChI is InChI=1S/C36H64O2/c1-30(2,3)24-28(26-18-20-27(21-19-26)31(4,5)6)35(15,16)23-22-34(13,14)25-36(17,32(7,8)9)29(37)38-33(10,11)12/h18-21,28H,22-25H2,1-17H3. The Morgan fingerprint density at radius 2 is 1.18 bits per heavy atom. The number of ether oxygens (including phenoxy) is 1. The molecule has 38 heavy (non-hydrogen) atoms. The zero-order valence-corrected chi connectivity index (χ0v) is 28.5. The van der Waals surface area contributed by atoms with E-state index >= 15 is 0 Å². The topological polar surface area (TPSA) is 26.3 Å². The third-order valence-electron chi connectivity index (χ3n) is 8.72. The summed E-state index contributed by atoms with van der Waals surface area (Å²) >= 11 is 0. The molecule has 0 radical (unpaired) electrons. The Bertz CT molecular complexity index is 905. The molecule has 0 spiro atoms. The van der Waals surface area contributed by atoms with Crippen molar-refractivity contribution >= 4 is 5.97 Å². The van der Waals surface area contributed by atoms with Crippen LogP contribution in [-0.2, 0) is 14.9 Å². The van der Waals surface area contributed by atoms with Crippen molar-refractivity contribution in [1.29, 1.82) is 0 Å². The van der Waals surface area contributed by atoms with Crippen LogP contribution < -0.4 is 0 Å². The molecule has 0 aliphatic rings. The van der Waals surface area contributed by atoms with E-state index in [1.54, 1.807) is 0 Å². The van der Waals surface area contributed by atoms with Crippen LogP contribution in [0.4, 0.5) is 0 Å². The number of benzene rings is 1. The molecule has 0 heterocycles. The fourth-order valence-electron chi connectivity index (χ4n) is 5.59. The summed E-state index contributed by atoms with van der Waals surface area (Å²) in [6.45, 7) is 38.1. The number of hydrogen-bond donors (Lipinski definition) is 0. The second kappa shape index (κ2) is 11.3. The van der Waals surface area contributed by atoms with Gasteiger partial charge in [0, 0.05) is 0 Å². The van der Waals surface area contributed by atoms with Gasteiger partial charge in [-0.15, -0.1) is 0 Å². The highest BCUT2D eigenvalue weighted by atomic mass is 16.6. The van der Waals surface area contributed by atoms with Crippen molar-refractivity contribution in [2.75, 3.05) is 0 Å².